The molecular weight excluding hydrogens is 116 g/mol. The lowest BCUT2D eigenvalue weighted by molar-refractivity contribution is 0.0164. The molecule has 0 aromatic rings. The average molecular weight is 128 g/mol. The number of hydrogen-bond donors (Lipinski definition) is 1. The Labute approximate surface area is 55.1 Å². The molecule has 0 spiro atoms. The fraction of sp³-hybridized carbons (Fsp3) is 0.714. The standard InChI is InChI=1S/C7H12O2/c1-6-5-7(2,8)3-4-9-6/h3-4,6,8H,5H2,1-2H3/t6-,7-/m0/s1. The van der Waals surface area contributed by atoms with Crippen molar-refractivity contribution in [3.8, 4) is 0 Å². The van der Waals surface area contributed by atoms with Crippen LogP contribution in [-0.2, 0) is 4.74 Å². The van der Waals surface area contributed by atoms with Crippen molar-refractivity contribution in [2.45, 2.75) is 32.0 Å². The molecule has 1 rings (SSSR count). The molecule has 0 unspecified atom stereocenters. The first-order valence-corrected chi connectivity index (χ1v) is 3.16. The molecule has 1 heterocycles. The van der Waals surface area contributed by atoms with E-state index in [-0.39, 0.29) is 6.10 Å². The van der Waals surface area contributed by atoms with Gasteiger partial charge in [-0.1, -0.05) is 0 Å². The van der Waals surface area contributed by atoms with Crippen LogP contribution in [0.3, 0.4) is 0 Å². The van der Waals surface area contributed by atoms with Crippen molar-refractivity contribution in [3.05, 3.63) is 12.3 Å². The smallest absolute Gasteiger partial charge is 0.0980 e. The highest BCUT2D eigenvalue weighted by molar-refractivity contribution is 4.99. The number of ether oxygens (including phenoxy) is 1. The van der Waals surface area contributed by atoms with Crippen molar-refractivity contribution in [3.63, 3.8) is 0 Å². The van der Waals surface area contributed by atoms with Crippen LogP contribution in [0.15, 0.2) is 12.3 Å². The maximum absolute atomic E-state index is 9.38. The third kappa shape index (κ3) is 1.72. The van der Waals surface area contributed by atoms with E-state index >= 15 is 0 Å². The van der Waals surface area contributed by atoms with E-state index in [4.69, 9.17) is 4.74 Å². The zero-order valence-electron chi connectivity index (χ0n) is 5.79. The van der Waals surface area contributed by atoms with Gasteiger partial charge in [0.2, 0.25) is 0 Å². The van der Waals surface area contributed by atoms with Crippen LogP contribution >= 0.6 is 0 Å². The van der Waals surface area contributed by atoms with Gasteiger partial charge in [0.25, 0.3) is 0 Å². The number of aliphatic hydroxyl groups is 1. The van der Waals surface area contributed by atoms with Crippen LogP contribution in [0.2, 0.25) is 0 Å². The van der Waals surface area contributed by atoms with Gasteiger partial charge in [-0.15, -0.1) is 0 Å². The Morgan fingerprint density at radius 1 is 1.78 bits per heavy atom. The van der Waals surface area contributed by atoms with E-state index in [2.05, 4.69) is 0 Å². The zero-order valence-corrected chi connectivity index (χ0v) is 5.79. The third-order valence-electron chi connectivity index (χ3n) is 1.44. The molecule has 0 amide bonds. The normalized spacial score (nSPS) is 42.3. The summed E-state index contributed by atoms with van der Waals surface area (Å²) in [5, 5.41) is 9.38. The Kier molecular flexibility index (Phi) is 1.49. The molecule has 0 bridgehead atoms. The second-order valence-corrected chi connectivity index (χ2v) is 2.81. The van der Waals surface area contributed by atoms with E-state index in [0.717, 1.165) is 0 Å². The van der Waals surface area contributed by atoms with Crippen molar-refractivity contribution in [1.82, 2.24) is 0 Å². The Morgan fingerprint density at radius 2 is 2.44 bits per heavy atom. The molecule has 0 aliphatic carbocycles. The van der Waals surface area contributed by atoms with Gasteiger partial charge in [0.15, 0.2) is 0 Å². The highest BCUT2D eigenvalue weighted by atomic mass is 16.5. The second kappa shape index (κ2) is 2.03. The van der Waals surface area contributed by atoms with E-state index in [1.165, 1.54) is 0 Å². The third-order valence-corrected chi connectivity index (χ3v) is 1.44. The van der Waals surface area contributed by atoms with E-state index in [9.17, 15) is 5.11 Å². The molecule has 2 atom stereocenters. The maximum Gasteiger partial charge on any atom is 0.0980 e. The van der Waals surface area contributed by atoms with Crippen LogP contribution in [0.25, 0.3) is 0 Å². The zero-order chi connectivity index (χ0) is 6.91. The van der Waals surface area contributed by atoms with Crippen LogP contribution < -0.4 is 0 Å². The molecule has 0 saturated heterocycles. The average Bonchev–Trinajstić information content (AvgIpc) is 1.60. The minimum atomic E-state index is -0.655. The predicted molar refractivity (Wildman–Crippen MR) is 34.9 cm³/mol. The van der Waals surface area contributed by atoms with E-state index < -0.39 is 5.60 Å². The number of hydrogen-bond acceptors (Lipinski definition) is 2. The summed E-state index contributed by atoms with van der Waals surface area (Å²) in [6.45, 7) is 3.72. The van der Waals surface area contributed by atoms with Gasteiger partial charge in [0, 0.05) is 6.42 Å². The van der Waals surface area contributed by atoms with Gasteiger partial charge in [-0.05, 0) is 19.9 Å². The van der Waals surface area contributed by atoms with Crippen molar-refractivity contribution in [1.29, 1.82) is 0 Å². The van der Waals surface area contributed by atoms with Gasteiger partial charge in [0.1, 0.15) is 0 Å². The molecule has 1 aliphatic heterocycles. The largest absolute Gasteiger partial charge is 0.498 e. The molecule has 0 saturated carbocycles. The monoisotopic (exact) mass is 128 g/mol. The van der Waals surface area contributed by atoms with E-state index in [1.807, 2.05) is 6.92 Å². The molecule has 9 heavy (non-hydrogen) atoms. The molecular formula is C7H12O2. The lowest BCUT2D eigenvalue weighted by Gasteiger charge is -2.27. The molecule has 2 heteroatoms. The number of rotatable bonds is 0. The Bertz CT molecular complexity index is 127. The molecule has 1 N–H and O–H groups in total. The van der Waals surface area contributed by atoms with Crippen LogP contribution in [0.4, 0.5) is 0 Å². The van der Waals surface area contributed by atoms with E-state index in [1.54, 1.807) is 19.3 Å². The fourth-order valence-corrected chi connectivity index (χ4v) is 1.02. The predicted octanol–water partition coefficient (Wildman–Crippen LogP) is 1.06. The van der Waals surface area contributed by atoms with Gasteiger partial charge in [-0.2, -0.15) is 0 Å². The second-order valence-electron chi connectivity index (χ2n) is 2.81. The molecule has 0 aromatic carbocycles. The first kappa shape index (κ1) is 6.62. The van der Waals surface area contributed by atoms with Gasteiger partial charge >= 0.3 is 0 Å². The summed E-state index contributed by atoms with van der Waals surface area (Å²) in [6, 6.07) is 0. The van der Waals surface area contributed by atoms with E-state index in [0.29, 0.717) is 6.42 Å². The summed E-state index contributed by atoms with van der Waals surface area (Å²) in [6.07, 6.45) is 4.06. The summed E-state index contributed by atoms with van der Waals surface area (Å²) in [4.78, 5) is 0. The lowest BCUT2D eigenvalue weighted by atomic mass is 9.98. The molecule has 52 valence electrons. The van der Waals surface area contributed by atoms with Gasteiger partial charge in [0.05, 0.1) is 18.0 Å². The molecule has 1 aliphatic rings. The van der Waals surface area contributed by atoms with Crippen molar-refractivity contribution >= 4 is 0 Å². The molecule has 0 radical (unpaired) electrons. The summed E-state index contributed by atoms with van der Waals surface area (Å²) < 4.78 is 5.07. The van der Waals surface area contributed by atoms with Crippen LogP contribution in [0.1, 0.15) is 20.3 Å². The summed E-state index contributed by atoms with van der Waals surface area (Å²) in [7, 11) is 0. The minimum Gasteiger partial charge on any atom is -0.498 e. The summed E-state index contributed by atoms with van der Waals surface area (Å²) >= 11 is 0. The maximum atomic E-state index is 9.38. The topological polar surface area (TPSA) is 29.5 Å². The first-order valence-electron chi connectivity index (χ1n) is 3.16. The molecule has 0 fully saturated rings. The Morgan fingerprint density at radius 3 is 2.78 bits per heavy atom. The minimum absolute atomic E-state index is 0.144. The summed E-state index contributed by atoms with van der Waals surface area (Å²) in [5.41, 5.74) is -0.655. The van der Waals surface area contributed by atoms with Crippen molar-refractivity contribution in [2.75, 3.05) is 0 Å². The van der Waals surface area contributed by atoms with Gasteiger partial charge in [-0.3, -0.25) is 0 Å². The van der Waals surface area contributed by atoms with Crippen LogP contribution in [0, 0.1) is 0 Å². The van der Waals surface area contributed by atoms with Crippen LogP contribution in [0.5, 0.6) is 0 Å². The Hall–Kier alpha value is -0.500. The summed E-state index contributed by atoms with van der Waals surface area (Å²) in [5.74, 6) is 0. The molecule has 0 aromatic heterocycles. The molecule has 2 nitrogen and oxygen atoms in total. The SMILES string of the molecule is C[C@H]1C[C@@](C)(O)C=CO1. The van der Waals surface area contributed by atoms with Crippen LogP contribution in [-0.4, -0.2) is 16.8 Å². The van der Waals surface area contributed by atoms with Crippen molar-refractivity contribution < 1.29 is 9.84 Å². The fourth-order valence-electron chi connectivity index (χ4n) is 1.02. The Balaban J connectivity index is 2.60. The quantitative estimate of drug-likeness (QED) is 0.528. The first-order chi connectivity index (χ1) is 4.10. The van der Waals surface area contributed by atoms with Gasteiger partial charge < -0.3 is 9.84 Å². The highest BCUT2D eigenvalue weighted by Gasteiger charge is 2.23. The van der Waals surface area contributed by atoms with Crippen molar-refractivity contribution in [2.24, 2.45) is 0 Å². The lowest BCUT2D eigenvalue weighted by Crippen LogP contribution is -2.30. The highest BCUT2D eigenvalue weighted by Crippen LogP contribution is 2.20. The van der Waals surface area contributed by atoms with Gasteiger partial charge in [-0.25, -0.2) is 0 Å².